The van der Waals surface area contributed by atoms with Gasteiger partial charge in [0.1, 0.15) is 0 Å². The summed E-state index contributed by atoms with van der Waals surface area (Å²) >= 11 is 3.42. The Bertz CT molecular complexity index is 94.9. The lowest BCUT2D eigenvalue weighted by atomic mass is 10.2. The van der Waals surface area contributed by atoms with Crippen LogP contribution in [0.1, 0.15) is 39.5 Å². The summed E-state index contributed by atoms with van der Waals surface area (Å²) in [5.74, 6) is 0. The minimum Gasteiger partial charge on any atom is -0.0880 e. The zero-order valence-electron chi connectivity index (χ0n) is 6.99. The normalized spacial score (nSPS) is 12.1. The molecule has 0 heterocycles. The van der Waals surface area contributed by atoms with Crippen LogP contribution in [-0.2, 0) is 0 Å². The number of rotatable bonds is 5. The third kappa shape index (κ3) is 6.34. The Morgan fingerprint density at radius 2 is 2.10 bits per heavy atom. The van der Waals surface area contributed by atoms with Crippen molar-refractivity contribution >= 4 is 15.9 Å². The number of halogens is 1. The van der Waals surface area contributed by atoms with Crippen LogP contribution in [0.2, 0.25) is 0 Å². The van der Waals surface area contributed by atoms with E-state index in [0.717, 1.165) is 5.33 Å². The fourth-order valence-electron chi connectivity index (χ4n) is 0.797. The maximum atomic E-state index is 3.42. The van der Waals surface area contributed by atoms with E-state index < -0.39 is 0 Å². The zero-order chi connectivity index (χ0) is 7.82. The van der Waals surface area contributed by atoms with Crippen LogP contribution in [0.5, 0.6) is 0 Å². The van der Waals surface area contributed by atoms with Gasteiger partial charge >= 0.3 is 0 Å². The Morgan fingerprint density at radius 3 is 2.60 bits per heavy atom. The number of allylic oxidation sites excluding steroid dienone is 2. The average molecular weight is 205 g/mol. The molecule has 0 saturated carbocycles. The second-order valence-electron chi connectivity index (χ2n) is 2.68. The second kappa shape index (κ2) is 7.33. The first-order valence-electron chi connectivity index (χ1n) is 4.02. The van der Waals surface area contributed by atoms with E-state index in [1.807, 2.05) is 0 Å². The largest absolute Gasteiger partial charge is 0.0880 e. The maximum Gasteiger partial charge on any atom is 0.0239 e. The van der Waals surface area contributed by atoms with Crippen molar-refractivity contribution in [2.24, 2.45) is 0 Å². The third-order valence-corrected chi connectivity index (χ3v) is 2.40. The molecular formula is C9H17Br. The monoisotopic (exact) mass is 204 g/mol. The summed E-state index contributed by atoms with van der Waals surface area (Å²) in [5, 5.41) is 1.03. The summed E-state index contributed by atoms with van der Waals surface area (Å²) in [4.78, 5) is 0. The molecule has 0 aliphatic rings. The van der Waals surface area contributed by atoms with Gasteiger partial charge in [-0.2, -0.15) is 0 Å². The van der Waals surface area contributed by atoms with Crippen LogP contribution in [0, 0.1) is 0 Å². The van der Waals surface area contributed by atoms with Crippen LogP contribution in [-0.4, -0.2) is 5.33 Å². The average Bonchev–Trinajstić information content (AvgIpc) is 1.98. The van der Waals surface area contributed by atoms with Crippen molar-refractivity contribution in [3.05, 3.63) is 11.6 Å². The molecule has 60 valence electrons. The Hall–Kier alpha value is 0.220. The Labute approximate surface area is 72.8 Å². The highest BCUT2D eigenvalue weighted by atomic mass is 79.9. The van der Waals surface area contributed by atoms with Gasteiger partial charge in [-0.05, 0) is 19.8 Å². The van der Waals surface area contributed by atoms with E-state index in [2.05, 4.69) is 35.9 Å². The number of hydrogen-bond acceptors (Lipinski definition) is 0. The topological polar surface area (TPSA) is 0 Å². The summed E-state index contributed by atoms with van der Waals surface area (Å²) in [7, 11) is 0. The van der Waals surface area contributed by atoms with Crippen molar-refractivity contribution in [3.8, 4) is 0 Å². The van der Waals surface area contributed by atoms with Gasteiger partial charge in [0, 0.05) is 5.33 Å². The fraction of sp³-hybridized carbons (Fsp3) is 0.778. The fourth-order valence-corrected chi connectivity index (χ4v) is 1.03. The summed E-state index contributed by atoms with van der Waals surface area (Å²) < 4.78 is 0. The van der Waals surface area contributed by atoms with Gasteiger partial charge in [0.05, 0.1) is 0 Å². The molecule has 0 aliphatic carbocycles. The van der Waals surface area contributed by atoms with Crippen LogP contribution in [0.15, 0.2) is 11.6 Å². The highest BCUT2D eigenvalue weighted by Gasteiger charge is 1.85. The van der Waals surface area contributed by atoms with E-state index in [1.54, 1.807) is 0 Å². The minimum absolute atomic E-state index is 1.03. The molecule has 0 fully saturated rings. The summed E-state index contributed by atoms with van der Waals surface area (Å²) in [6.45, 7) is 4.40. The third-order valence-electron chi connectivity index (χ3n) is 1.51. The molecule has 0 unspecified atom stereocenters. The quantitative estimate of drug-likeness (QED) is 0.362. The van der Waals surface area contributed by atoms with Gasteiger partial charge in [-0.15, -0.1) is 0 Å². The van der Waals surface area contributed by atoms with Gasteiger partial charge in [-0.25, -0.2) is 0 Å². The van der Waals surface area contributed by atoms with Crippen LogP contribution >= 0.6 is 15.9 Å². The van der Waals surface area contributed by atoms with Crippen molar-refractivity contribution in [2.45, 2.75) is 39.5 Å². The van der Waals surface area contributed by atoms with Gasteiger partial charge in [-0.1, -0.05) is 47.3 Å². The standard InChI is InChI=1S/C9H17Br/c1-3-4-5-6-7-9(2)8-10/h7H,3-6,8H2,1-2H3/b9-7-. The molecule has 0 spiro atoms. The Kier molecular flexibility index (Phi) is 7.49. The first-order valence-corrected chi connectivity index (χ1v) is 5.15. The van der Waals surface area contributed by atoms with Crippen molar-refractivity contribution in [3.63, 3.8) is 0 Å². The van der Waals surface area contributed by atoms with Crippen molar-refractivity contribution in [2.75, 3.05) is 5.33 Å². The van der Waals surface area contributed by atoms with Crippen LogP contribution in [0.3, 0.4) is 0 Å². The molecule has 0 aromatic carbocycles. The molecule has 0 saturated heterocycles. The van der Waals surface area contributed by atoms with Crippen molar-refractivity contribution in [1.82, 2.24) is 0 Å². The summed E-state index contributed by atoms with van der Waals surface area (Å²) in [6.07, 6.45) is 7.61. The second-order valence-corrected chi connectivity index (χ2v) is 3.24. The van der Waals surface area contributed by atoms with Crippen molar-refractivity contribution < 1.29 is 0 Å². The molecule has 0 rings (SSSR count). The van der Waals surface area contributed by atoms with Crippen LogP contribution in [0.4, 0.5) is 0 Å². The van der Waals surface area contributed by atoms with Gasteiger partial charge in [-0.3, -0.25) is 0 Å². The van der Waals surface area contributed by atoms with Gasteiger partial charge < -0.3 is 0 Å². The smallest absolute Gasteiger partial charge is 0.0239 e. The predicted molar refractivity (Wildman–Crippen MR) is 51.7 cm³/mol. The molecule has 1 heteroatoms. The zero-order valence-corrected chi connectivity index (χ0v) is 8.58. The van der Waals surface area contributed by atoms with Gasteiger partial charge in [0.2, 0.25) is 0 Å². The molecular weight excluding hydrogens is 188 g/mol. The van der Waals surface area contributed by atoms with Crippen molar-refractivity contribution in [1.29, 1.82) is 0 Å². The molecule has 0 bridgehead atoms. The lowest BCUT2D eigenvalue weighted by Crippen LogP contribution is -1.77. The molecule has 0 nitrogen and oxygen atoms in total. The molecule has 0 aliphatic heterocycles. The molecule has 0 amide bonds. The molecule has 0 aromatic heterocycles. The predicted octanol–water partition coefficient (Wildman–Crippen LogP) is 3.91. The highest BCUT2D eigenvalue weighted by molar-refractivity contribution is 9.09. The first kappa shape index (κ1) is 10.2. The SMILES string of the molecule is CCCCC/C=C(/C)CBr. The van der Waals surface area contributed by atoms with Gasteiger partial charge in [0.25, 0.3) is 0 Å². The highest BCUT2D eigenvalue weighted by Crippen LogP contribution is 2.04. The van der Waals surface area contributed by atoms with Crippen LogP contribution < -0.4 is 0 Å². The minimum atomic E-state index is 1.03. The van der Waals surface area contributed by atoms with E-state index in [-0.39, 0.29) is 0 Å². The van der Waals surface area contributed by atoms with Crippen LogP contribution in [0.25, 0.3) is 0 Å². The number of unbranched alkanes of at least 4 members (excludes halogenated alkanes) is 3. The van der Waals surface area contributed by atoms with E-state index in [4.69, 9.17) is 0 Å². The number of alkyl halides is 1. The van der Waals surface area contributed by atoms with E-state index in [9.17, 15) is 0 Å². The van der Waals surface area contributed by atoms with E-state index in [1.165, 1.54) is 31.3 Å². The molecule has 0 radical (unpaired) electrons. The maximum absolute atomic E-state index is 3.42. The molecule has 0 atom stereocenters. The number of hydrogen-bond donors (Lipinski definition) is 0. The summed E-state index contributed by atoms with van der Waals surface area (Å²) in [6, 6.07) is 0. The van der Waals surface area contributed by atoms with E-state index >= 15 is 0 Å². The van der Waals surface area contributed by atoms with E-state index in [0.29, 0.717) is 0 Å². The molecule has 10 heavy (non-hydrogen) atoms. The lowest BCUT2D eigenvalue weighted by Gasteiger charge is -1.94. The van der Waals surface area contributed by atoms with Gasteiger partial charge in [0.15, 0.2) is 0 Å². The molecule has 0 N–H and O–H groups in total. The Morgan fingerprint density at radius 1 is 1.40 bits per heavy atom. The summed E-state index contributed by atoms with van der Waals surface area (Å²) in [5.41, 5.74) is 1.45. The Balaban J connectivity index is 3.16. The first-order chi connectivity index (χ1) is 4.81. The lowest BCUT2D eigenvalue weighted by molar-refractivity contribution is 0.727. The molecule has 0 aromatic rings.